The average Bonchev–Trinajstić information content (AvgIpc) is 3.20. The Morgan fingerprint density at radius 3 is 2.91 bits per heavy atom. The van der Waals surface area contributed by atoms with Crippen LogP contribution in [0.2, 0.25) is 0 Å². The standard InChI is InChI=1S/C12H17N7O2S/c1-21-7-9-15-16-11(22-9)14-10(20)12(5-3-2-4-6-12)19-8-13-17-18-19/h8H,2-7H2,1H3,(H,14,16,20). The summed E-state index contributed by atoms with van der Waals surface area (Å²) >= 11 is 1.31. The first-order chi connectivity index (χ1) is 10.7. The normalized spacial score (nSPS) is 17.3. The Labute approximate surface area is 131 Å². The Hall–Kier alpha value is -1.94. The molecule has 2 heterocycles. The van der Waals surface area contributed by atoms with Gasteiger partial charge in [-0.1, -0.05) is 30.6 Å². The summed E-state index contributed by atoms with van der Waals surface area (Å²) in [4.78, 5) is 12.8. The van der Waals surface area contributed by atoms with Gasteiger partial charge in [-0.05, 0) is 23.3 Å². The molecule has 1 fully saturated rings. The van der Waals surface area contributed by atoms with Crippen LogP contribution < -0.4 is 5.32 Å². The van der Waals surface area contributed by atoms with Crippen LogP contribution in [0.3, 0.4) is 0 Å². The summed E-state index contributed by atoms with van der Waals surface area (Å²) in [6.45, 7) is 0.381. The number of rotatable bonds is 5. The van der Waals surface area contributed by atoms with Crippen LogP contribution in [0, 0.1) is 0 Å². The van der Waals surface area contributed by atoms with Crippen molar-refractivity contribution in [2.75, 3.05) is 12.4 Å². The predicted molar refractivity (Wildman–Crippen MR) is 78.1 cm³/mol. The van der Waals surface area contributed by atoms with Crippen LogP contribution >= 0.6 is 11.3 Å². The van der Waals surface area contributed by atoms with E-state index in [0.29, 0.717) is 24.6 Å². The summed E-state index contributed by atoms with van der Waals surface area (Å²) in [6.07, 6.45) is 5.99. The lowest BCUT2D eigenvalue weighted by molar-refractivity contribution is -0.126. The molecule has 118 valence electrons. The number of methoxy groups -OCH3 is 1. The summed E-state index contributed by atoms with van der Waals surface area (Å²) < 4.78 is 6.57. The molecular formula is C12H17N7O2S. The maximum atomic E-state index is 12.8. The fourth-order valence-electron chi connectivity index (χ4n) is 2.75. The minimum Gasteiger partial charge on any atom is -0.377 e. The molecule has 1 aliphatic rings. The van der Waals surface area contributed by atoms with Crippen molar-refractivity contribution < 1.29 is 9.53 Å². The molecule has 10 heteroatoms. The molecule has 0 aromatic carbocycles. The smallest absolute Gasteiger partial charge is 0.254 e. The number of carbonyl (C=O) groups is 1. The fraction of sp³-hybridized carbons (Fsp3) is 0.667. The first-order valence-electron chi connectivity index (χ1n) is 7.11. The van der Waals surface area contributed by atoms with E-state index >= 15 is 0 Å². The first-order valence-corrected chi connectivity index (χ1v) is 7.92. The van der Waals surface area contributed by atoms with Crippen LogP contribution in [-0.2, 0) is 21.7 Å². The van der Waals surface area contributed by atoms with Gasteiger partial charge in [0.2, 0.25) is 5.13 Å². The number of amides is 1. The highest BCUT2D eigenvalue weighted by molar-refractivity contribution is 7.15. The summed E-state index contributed by atoms with van der Waals surface area (Å²) in [5.74, 6) is -0.139. The van der Waals surface area contributed by atoms with E-state index in [-0.39, 0.29) is 5.91 Å². The first kappa shape index (κ1) is 15.0. The van der Waals surface area contributed by atoms with Crippen molar-refractivity contribution in [3.63, 3.8) is 0 Å². The van der Waals surface area contributed by atoms with Crippen LogP contribution in [0.15, 0.2) is 6.33 Å². The zero-order chi connectivity index (χ0) is 15.4. The van der Waals surface area contributed by atoms with E-state index in [1.165, 1.54) is 17.7 Å². The number of tetrazole rings is 1. The van der Waals surface area contributed by atoms with Gasteiger partial charge in [0.25, 0.3) is 5.91 Å². The topological polar surface area (TPSA) is 108 Å². The molecular weight excluding hydrogens is 306 g/mol. The molecule has 1 saturated carbocycles. The van der Waals surface area contributed by atoms with Gasteiger partial charge in [0.1, 0.15) is 23.5 Å². The van der Waals surface area contributed by atoms with Gasteiger partial charge in [0.15, 0.2) is 0 Å². The second-order valence-electron chi connectivity index (χ2n) is 5.23. The minimum absolute atomic E-state index is 0.139. The molecule has 2 aromatic heterocycles. The van der Waals surface area contributed by atoms with E-state index < -0.39 is 5.54 Å². The number of nitrogens with one attached hydrogen (secondary N) is 1. The van der Waals surface area contributed by atoms with Crippen molar-refractivity contribution in [2.45, 2.75) is 44.2 Å². The molecule has 0 atom stereocenters. The van der Waals surface area contributed by atoms with E-state index in [1.54, 1.807) is 11.8 Å². The maximum Gasteiger partial charge on any atom is 0.254 e. The van der Waals surface area contributed by atoms with Crippen LogP contribution in [0.25, 0.3) is 0 Å². The van der Waals surface area contributed by atoms with Crippen molar-refractivity contribution in [3.05, 3.63) is 11.3 Å². The van der Waals surface area contributed by atoms with Gasteiger partial charge in [0.05, 0.1) is 0 Å². The Bertz CT molecular complexity index is 621. The van der Waals surface area contributed by atoms with Crippen molar-refractivity contribution in [2.24, 2.45) is 0 Å². The van der Waals surface area contributed by atoms with Crippen LogP contribution in [0.1, 0.15) is 37.1 Å². The Morgan fingerprint density at radius 2 is 2.23 bits per heavy atom. The quantitative estimate of drug-likeness (QED) is 0.873. The lowest BCUT2D eigenvalue weighted by Gasteiger charge is -2.34. The minimum atomic E-state index is -0.741. The Kier molecular flexibility index (Phi) is 4.39. The summed E-state index contributed by atoms with van der Waals surface area (Å²) in [5.41, 5.74) is -0.741. The van der Waals surface area contributed by atoms with Crippen molar-refractivity contribution in [1.82, 2.24) is 30.4 Å². The number of nitrogens with zero attached hydrogens (tertiary/aromatic N) is 6. The highest BCUT2D eigenvalue weighted by Gasteiger charge is 2.43. The highest BCUT2D eigenvalue weighted by atomic mass is 32.1. The second kappa shape index (κ2) is 6.44. The number of hydrogen-bond donors (Lipinski definition) is 1. The van der Waals surface area contributed by atoms with Gasteiger partial charge >= 0.3 is 0 Å². The zero-order valence-electron chi connectivity index (χ0n) is 12.2. The van der Waals surface area contributed by atoms with E-state index in [1.807, 2.05) is 0 Å². The molecule has 1 aliphatic carbocycles. The maximum absolute atomic E-state index is 12.8. The third-order valence-electron chi connectivity index (χ3n) is 3.85. The second-order valence-corrected chi connectivity index (χ2v) is 6.30. The molecule has 22 heavy (non-hydrogen) atoms. The van der Waals surface area contributed by atoms with Gasteiger partial charge in [-0.25, -0.2) is 4.68 Å². The van der Waals surface area contributed by atoms with Crippen molar-refractivity contribution in [1.29, 1.82) is 0 Å². The third-order valence-corrected chi connectivity index (χ3v) is 4.66. The Morgan fingerprint density at radius 1 is 1.41 bits per heavy atom. The van der Waals surface area contributed by atoms with Gasteiger partial charge in [-0.2, -0.15) is 0 Å². The molecule has 1 amide bonds. The molecule has 0 saturated heterocycles. The molecule has 0 radical (unpaired) electrons. The largest absolute Gasteiger partial charge is 0.377 e. The van der Waals surface area contributed by atoms with Crippen molar-refractivity contribution in [3.8, 4) is 0 Å². The average molecular weight is 323 g/mol. The monoisotopic (exact) mass is 323 g/mol. The van der Waals surface area contributed by atoms with E-state index in [0.717, 1.165) is 24.3 Å². The summed E-state index contributed by atoms with van der Waals surface area (Å²) in [5, 5.41) is 23.3. The zero-order valence-corrected chi connectivity index (χ0v) is 13.0. The van der Waals surface area contributed by atoms with Crippen LogP contribution in [0.4, 0.5) is 5.13 Å². The number of aromatic nitrogens is 6. The molecule has 3 rings (SSSR count). The molecule has 9 nitrogen and oxygen atoms in total. The van der Waals surface area contributed by atoms with Gasteiger partial charge < -0.3 is 4.74 Å². The van der Waals surface area contributed by atoms with Crippen LogP contribution in [0.5, 0.6) is 0 Å². The number of hydrogen-bond acceptors (Lipinski definition) is 8. The van der Waals surface area contributed by atoms with Gasteiger partial charge in [-0.3, -0.25) is 10.1 Å². The lowest BCUT2D eigenvalue weighted by Crippen LogP contribution is -2.47. The third kappa shape index (κ3) is 2.83. The molecule has 0 unspecified atom stereocenters. The molecule has 0 bridgehead atoms. The number of anilines is 1. The van der Waals surface area contributed by atoms with E-state index in [4.69, 9.17) is 4.74 Å². The molecule has 2 aromatic rings. The Balaban J connectivity index is 1.80. The van der Waals surface area contributed by atoms with Gasteiger partial charge in [0, 0.05) is 7.11 Å². The van der Waals surface area contributed by atoms with E-state index in [9.17, 15) is 4.79 Å². The van der Waals surface area contributed by atoms with E-state index in [2.05, 4.69) is 31.0 Å². The molecule has 1 N–H and O–H groups in total. The summed E-state index contributed by atoms with van der Waals surface area (Å²) in [7, 11) is 1.59. The van der Waals surface area contributed by atoms with Crippen molar-refractivity contribution >= 4 is 22.4 Å². The molecule has 0 aliphatic heterocycles. The van der Waals surface area contributed by atoms with Gasteiger partial charge in [-0.15, -0.1) is 15.3 Å². The van der Waals surface area contributed by atoms with Crippen LogP contribution in [-0.4, -0.2) is 43.4 Å². The highest BCUT2D eigenvalue weighted by Crippen LogP contribution is 2.35. The summed E-state index contributed by atoms with van der Waals surface area (Å²) in [6, 6.07) is 0. The number of carbonyl (C=O) groups excluding carboxylic acids is 1. The molecule has 0 spiro atoms. The SMILES string of the molecule is COCc1nnc(NC(=O)C2(n3cnnn3)CCCCC2)s1. The lowest BCUT2D eigenvalue weighted by atomic mass is 9.81. The number of ether oxygens (including phenoxy) is 1. The predicted octanol–water partition coefficient (Wildman–Crippen LogP) is 0.969. The fourth-order valence-corrected chi connectivity index (χ4v) is 3.46.